The predicted molar refractivity (Wildman–Crippen MR) is 60.3 cm³/mol. The Morgan fingerprint density at radius 3 is 2.87 bits per heavy atom. The summed E-state index contributed by atoms with van der Waals surface area (Å²) in [5.74, 6) is 0. The van der Waals surface area contributed by atoms with Gasteiger partial charge >= 0.3 is 0 Å². The first kappa shape index (κ1) is 12.5. The fourth-order valence-corrected chi connectivity index (χ4v) is 2.18. The van der Waals surface area contributed by atoms with Crippen LogP contribution < -0.4 is 0 Å². The van der Waals surface area contributed by atoms with Crippen molar-refractivity contribution in [1.82, 2.24) is 4.90 Å². The van der Waals surface area contributed by atoms with Crippen LogP contribution in [0.2, 0.25) is 0 Å². The van der Waals surface area contributed by atoms with Crippen LogP contribution >= 0.6 is 0 Å². The van der Waals surface area contributed by atoms with E-state index in [1.165, 1.54) is 6.42 Å². The lowest BCUT2D eigenvalue weighted by Crippen LogP contribution is -2.33. The van der Waals surface area contributed by atoms with E-state index in [1.54, 1.807) is 0 Å². The SMILES string of the molecule is CC(C)(C#N)CCCN1CCC[C@H]1CO. The zero-order chi connectivity index (χ0) is 11.3. The fraction of sp³-hybridized carbons (Fsp3) is 0.917. The Morgan fingerprint density at radius 1 is 1.53 bits per heavy atom. The number of rotatable bonds is 5. The first-order chi connectivity index (χ1) is 7.09. The molecule has 1 aliphatic rings. The molecule has 0 unspecified atom stereocenters. The van der Waals surface area contributed by atoms with E-state index in [2.05, 4.69) is 11.0 Å². The molecule has 1 atom stereocenters. The van der Waals surface area contributed by atoms with Crippen LogP contribution in [0.3, 0.4) is 0 Å². The van der Waals surface area contributed by atoms with Gasteiger partial charge in [0.15, 0.2) is 0 Å². The maximum Gasteiger partial charge on any atom is 0.0683 e. The number of nitriles is 1. The van der Waals surface area contributed by atoms with Gasteiger partial charge in [0.25, 0.3) is 0 Å². The Kier molecular flexibility index (Phi) is 4.56. The van der Waals surface area contributed by atoms with Crippen molar-refractivity contribution >= 4 is 0 Å². The van der Waals surface area contributed by atoms with E-state index < -0.39 is 0 Å². The summed E-state index contributed by atoms with van der Waals surface area (Å²) in [6, 6.07) is 2.69. The van der Waals surface area contributed by atoms with Crippen molar-refractivity contribution in [2.24, 2.45) is 5.41 Å². The van der Waals surface area contributed by atoms with E-state index in [9.17, 15) is 0 Å². The molecule has 0 bridgehead atoms. The zero-order valence-corrected chi connectivity index (χ0v) is 9.87. The number of hydrogen-bond acceptors (Lipinski definition) is 3. The third-order valence-corrected chi connectivity index (χ3v) is 3.26. The van der Waals surface area contributed by atoms with Crippen LogP contribution in [-0.2, 0) is 0 Å². The van der Waals surface area contributed by atoms with Crippen LogP contribution in [0.25, 0.3) is 0 Å². The first-order valence-corrected chi connectivity index (χ1v) is 5.85. The highest BCUT2D eigenvalue weighted by molar-refractivity contribution is 4.91. The average Bonchev–Trinajstić information content (AvgIpc) is 2.65. The number of aliphatic hydroxyl groups excluding tert-OH is 1. The minimum absolute atomic E-state index is 0.200. The van der Waals surface area contributed by atoms with Gasteiger partial charge in [0.05, 0.1) is 18.1 Å². The van der Waals surface area contributed by atoms with Crippen molar-refractivity contribution < 1.29 is 5.11 Å². The van der Waals surface area contributed by atoms with Crippen molar-refractivity contribution in [3.63, 3.8) is 0 Å². The summed E-state index contributed by atoms with van der Waals surface area (Å²) in [4.78, 5) is 2.35. The zero-order valence-electron chi connectivity index (χ0n) is 9.87. The Morgan fingerprint density at radius 2 is 2.27 bits per heavy atom. The smallest absolute Gasteiger partial charge is 0.0683 e. The molecule has 1 fully saturated rings. The summed E-state index contributed by atoms with van der Waals surface area (Å²) in [5, 5.41) is 18.0. The fourth-order valence-electron chi connectivity index (χ4n) is 2.18. The molecule has 3 heteroatoms. The standard InChI is InChI=1S/C12H22N2O/c1-12(2,10-13)6-4-8-14-7-3-5-11(14)9-15/h11,15H,3-9H2,1-2H3/t11-/m0/s1. The van der Waals surface area contributed by atoms with E-state index in [0.717, 1.165) is 32.4 Å². The first-order valence-electron chi connectivity index (χ1n) is 5.85. The highest BCUT2D eigenvalue weighted by atomic mass is 16.3. The number of nitrogens with zero attached hydrogens (tertiary/aromatic N) is 2. The van der Waals surface area contributed by atoms with E-state index in [1.807, 2.05) is 13.8 Å². The maximum absolute atomic E-state index is 9.15. The van der Waals surface area contributed by atoms with Crippen LogP contribution in [0.15, 0.2) is 0 Å². The largest absolute Gasteiger partial charge is 0.395 e. The van der Waals surface area contributed by atoms with Gasteiger partial charge in [-0.05, 0) is 52.6 Å². The summed E-state index contributed by atoms with van der Waals surface area (Å²) in [5.41, 5.74) is -0.200. The normalized spacial score (nSPS) is 22.9. The third-order valence-electron chi connectivity index (χ3n) is 3.26. The van der Waals surface area contributed by atoms with Crippen molar-refractivity contribution in [3.05, 3.63) is 0 Å². The summed E-state index contributed by atoms with van der Waals surface area (Å²) in [7, 11) is 0. The van der Waals surface area contributed by atoms with Gasteiger partial charge < -0.3 is 5.11 Å². The monoisotopic (exact) mass is 210 g/mol. The molecular weight excluding hydrogens is 188 g/mol. The molecule has 1 aliphatic heterocycles. The quantitative estimate of drug-likeness (QED) is 0.752. The minimum atomic E-state index is -0.200. The van der Waals surface area contributed by atoms with Gasteiger partial charge in [0.2, 0.25) is 0 Å². The lowest BCUT2D eigenvalue weighted by molar-refractivity contribution is 0.154. The van der Waals surface area contributed by atoms with Gasteiger partial charge in [-0.25, -0.2) is 0 Å². The van der Waals surface area contributed by atoms with Gasteiger partial charge in [-0.15, -0.1) is 0 Å². The van der Waals surface area contributed by atoms with E-state index >= 15 is 0 Å². The van der Waals surface area contributed by atoms with Crippen LogP contribution in [0.1, 0.15) is 39.5 Å². The highest BCUT2D eigenvalue weighted by Crippen LogP contribution is 2.23. The number of hydrogen-bond donors (Lipinski definition) is 1. The predicted octanol–water partition coefficient (Wildman–Crippen LogP) is 1.77. The molecule has 0 radical (unpaired) electrons. The maximum atomic E-state index is 9.15. The molecule has 0 aromatic carbocycles. The molecule has 0 amide bonds. The Balaban J connectivity index is 2.23. The summed E-state index contributed by atoms with van der Waals surface area (Å²) in [6.45, 7) is 6.39. The van der Waals surface area contributed by atoms with E-state index in [-0.39, 0.29) is 12.0 Å². The average molecular weight is 210 g/mol. The lowest BCUT2D eigenvalue weighted by atomic mass is 9.90. The third kappa shape index (κ3) is 3.81. The van der Waals surface area contributed by atoms with Gasteiger partial charge in [0.1, 0.15) is 0 Å². The highest BCUT2D eigenvalue weighted by Gasteiger charge is 2.24. The molecule has 3 nitrogen and oxygen atoms in total. The molecule has 0 saturated carbocycles. The Labute approximate surface area is 92.7 Å². The van der Waals surface area contributed by atoms with E-state index in [4.69, 9.17) is 10.4 Å². The molecule has 1 heterocycles. The van der Waals surface area contributed by atoms with Crippen LogP contribution in [0.5, 0.6) is 0 Å². The molecule has 0 aromatic heterocycles. The Bertz CT molecular complexity index is 232. The summed E-state index contributed by atoms with van der Waals surface area (Å²) in [6.07, 6.45) is 4.32. The van der Waals surface area contributed by atoms with Crippen LogP contribution in [0, 0.1) is 16.7 Å². The van der Waals surface area contributed by atoms with Crippen molar-refractivity contribution in [3.8, 4) is 6.07 Å². The van der Waals surface area contributed by atoms with Gasteiger partial charge in [-0.3, -0.25) is 4.90 Å². The lowest BCUT2D eigenvalue weighted by Gasteiger charge is -2.24. The van der Waals surface area contributed by atoms with Crippen molar-refractivity contribution in [2.75, 3.05) is 19.7 Å². The minimum Gasteiger partial charge on any atom is -0.395 e. The topological polar surface area (TPSA) is 47.3 Å². The number of aliphatic hydroxyl groups is 1. The molecule has 1 saturated heterocycles. The molecular formula is C12H22N2O. The Hall–Kier alpha value is -0.590. The van der Waals surface area contributed by atoms with Gasteiger partial charge in [-0.1, -0.05) is 0 Å². The second-order valence-corrected chi connectivity index (χ2v) is 5.11. The van der Waals surface area contributed by atoms with E-state index in [0.29, 0.717) is 6.04 Å². The van der Waals surface area contributed by atoms with Crippen LogP contribution in [0.4, 0.5) is 0 Å². The molecule has 1 rings (SSSR count). The van der Waals surface area contributed by atoms with Crippen molar-refractivity contribution in [2.45, 2.75) is 45.6 Å². The molecule has 0 aliphatic carbocycles. The summed E-state index contributed by atoms with van der Waals surface area (Å²) >= 11 is 0. The van der Waals surface area contributed by atoms with Crippen molar-refractivity contribution in [1.29, 1.82) is 5.26 Å². The van der Waals surface area contributed by atoms with Gasteiger partial charge in [0, 0.05) is 6.04 Å². The molecule has 86 valence electrons. The second kappa shape index (κ2) is 5.48. The summed E-state index contributed by atoms with van der Waals surface area (Å²) < 4.78 is 0. The number of likely N-dealkylation sites (tertiary alicyclic amines) is 1. The molecule has 1 N–H and O–H groups in total. The molecule has 0 spiro atoms. The van der Waals surface area contributed by atoms with Crippen LogP contribution in [-0.4, -0.2) is 35.7 Å². The second-order valence-electron chi connectivity index (χ2n) is 5.11. The molecule has 0 aromatic rings. The molecule has 15 heavy (non-hydrogen) atoms. The van der Waals surface area contributed by atoms with Gasteiger partial charge in [-0.2, -0.15) is 5.26 Å².